The number of hydrogen-bond donors (Lipinski definition) is 0. The molecule has 1 saturated carbocycles. The maximum atomic E-state index is 14.9. The number of amides is 1. The molecule has 0 spiro atoms. The second-order valence-electron chi connectivity index (χ2n) is 9.60. The molecule has 1 aliphatic carbocycles. The van der Waals surface area contributed by atoms with Gasteiger partial charge in [-0.2, -0.15) is 0 Å². The van der Waals surface area contributed by atoms with Crippen LogP contribution >= 0.6 is 0 Å². The lowest BCUT2D eigenvalue weighted by Crippen LogP contribution is -2.43. The van der Waals surface area contributed by atoms with Crippen molar-refractivity contribution in [1.82, 2.24) is 9.80 Å². The van der Waals surface area contributed by atoms with Gasteiger partial charge in [-0.3, -0.25) is 9.59 Å². The number of hydrogen-bond acceptors (Lipinski definition) is 4. The molecule has 6 heteroatoms. The lowest BCUT2D eigenvalue weighted by molar-refractivity contribution is -0.137. The van der Waals surface area contributed by atoms with Crippen molar-refractivity contribution in [1.29, 1.82) is 0 Å². The second kappa shape index (κ2) is 9.34. The fourth-order valence-corrected chi connectivity index (χ4v) is 5.56. The first-order valence-corrected chi connectivity index (χ1v) is 12.1. The Morgan fingerprint density at radius 3 is 2.47 bits per heavy atom. The number of ether oxygens (including phenoxy) is 1. The van der Waals surface area contributed by atoms with Crippen LogP contribution in [0.3, 0.4) is 0 Å². The molecule has 5 nitrogen and oxygen atoms in total. The van der Waals surface area contributed by atoms with E-state index < -0.39 is 11.9 Å². The molecule has 0 bridgehead atoms. The van der Waals surface area contributed by atoms with Gasteiger partial charge in [0.15, 0.2) is 11.5 Å². The fraction of sp³-hybridized carbons (Fsp3) is 0.615. The van der Waals surface area contributed by atoms with Crippen LogP contribution < -0.4 is 0 Å². The molecule has 1 aromatic rings. The first-order valence-electron chi connectivity index (χ1n) is 12.1. The lowest BCUT2D eigenvalue weighted by atomic mass is 9.70. The number of carbonyl (C=O) groups excluding carboxylic acids is 2. The molecule has 0 aromatic heterocycles. The average Bonchev–Trinajstić information content (AvgIpc) is 3.05. The molecule has 0 saturated heterocycles. The minimum Gasteiger partial charge on any atom is -0.483 e. The van der Waals surface area contributed by atoms with Crippen LogP contribution in [0.2, 0.25) is 0 Å². The van der Waals surface area contributed by atoms with Crippen LogP contribution in [0.1, 0.15) is 58.6 Å². The molecule has 0 N–H and O–H groups in total. The van der Waals surface area contributed by atoms with Crippen molar-refractivity contribution in [2.75, 3.05) is 26.2 Å². The van der Waals surface area contributed by atoms with Crippen molar-refractivity contribution < 1.29 is 18.7 Å². The number of halogens is 1. The maximum absolute atomic E-state index is 14.9. The third-order valence-electron chi connectivity index (χ3n) is 7.77. The van der Waals surface area contributed by atoms with E-state index in [2.05, 4.69) is 32.6 Å². The normalized spacial score (nSPS) is 29.9. The van der Waals surface area contributed by atoms with Crippen LogP contribution in [0.4, 0.5) is 4.39 Å². The van der Waals surface area contributed by atoms with Crippen molar-refractivity contribution >= 4 is 11.7 Å². The summed E-state index contributed by atoms with van der Waals surface area (Å²) in [6.45, 7) is 11.8. The summed E-state index contributed by atoms with van der Waals surface area (Å²) < 4.78 is 21.2. The highest BCUT2D eigenvalue weighted by molar-refractivity contribution is 6.11. The second-order valence-corrected chi connectivity index (χ2v) is 9.60. The van der Waals surface area contributed by atoms with Crippen molar-refractivity contribution in [2.45, 2.75) is 59.1 Å². The molecule has 2 aliphatic heterocycles. The fourth-order valence-electron chi connectivity index (χ4n) is 5.56. The van der Waals surface area contributed by atoms with Crippen molar-refractivity contribution in [3.8, 4) is 0 Å². The van der Waals surface area contributed by atoms with Crippen LogP contribution in [0.5, 0.6) is 0 Å². The molecule has 5 atom stereocenters. The Bertz CT molecular complexity index is 910. The summed E-state index contributed by atoms with van der Waals surface area (Å²) in [7, 11) is 0. The summed E-state index contributed by atoms with van der Waals surface area (Å²) in [5.74, 6) is 0.0733. The predicted octanol–water partition coefficient (Wildman–Crippen LogP) is 4.35. The van der Waals surface area contributed by atoms with Gasteiger partial charge in [-0.05, 0) is 56.8 Å². The van der Waals surface area contributed by atoms with Gasteiger partial charge in [0.1, 0.15) is 11.9 Å². The van der Waals surface area contributed by atoms with Crippen LogP contribution in [0.25, 0.3) is 0 Å². The minimum atomic E-state index is -0.710. The number of ketones is 1. The molecule has 2 heterocycles. The zero-order valence-corrected chi connectivity index (χ0v) is 19.6. The van der Waals surface area contributed by atoms with E-state index in [9.17, 15) is 14.0 Å². The third-order valence-corrected chi connectivity index (χ3v) is 7.77. The summed E-state index contributed by atoms with van der Waals surface area (Å²) in [5.41, 5.74) is 0.743. The van der Waals surface area contributed by atoms with Gasteiger partial charge in [0.05, 0.1) is 17.5 Å². The summed E-state index contributed by atoms with van der Waals surface area (Å²) in [6, 6.07) is 5.77. The van der Waals surface area contributed by atoms with Gasteiger partial charge in [0, 0.05) is 12.1 Å². The van der Waals surface area contributed by atoms with E-state index in [0.29, 0.717) is 29.5 Å². The van der Waals surface area contributed by atoms with E-state index >= 15 is 0 Å². The third kappa shape index (κ3) is 3.98. The van der Waals surface area contributed by atoms with E-state index in [-0.39, 0.29) is 29.5 Å². The van der Waals surface area contributed by atoms with Crippen LogP contribution in [0, 0.1) is 23.6 Å². The zero-order valence-electron chi connectivity index (χ0n) is 19.6. The Balaban J connectivity index is 1.67. The highest BCUT2D eigenvalue weighted by Gasteiger charge is 2.53. The first-order chi connectivity index (χ1) is 15.4. The number of carbonyl (C=O) groups is 2. The molecule has 174 valence electrons. The first kappa shape index (κ1) is 23.0. The lowest BCUT2D eigenvalue weighted by Gasteiger charge is -2.40. The van der Waals surface area contributed by atoms with E-state index in [1.165, 1.54) is 6.07 Å². The van der Waals surface area contributed by atoms with Crippen molar-refractivity contribution in [2.24, 2.45) is 17.8 Å². The number of fused-ring (bicyclic) bond motifs is 1. The van der Waals surface area contributed by atoms with Gasteiger partial charge in [-0.25, -0.2) is 4.39 Å². The molecule has 5 unspecified atom stereocenters. The molecule has 4 rings (SSSR count). The molecule has 1 aromatic carbocycles. The Hall–Kier alpha value is -2.21. The SMILES string of the molecule is CCN(CC)CCCN1C(=O)C2=C(C(=O)C3CC(C)C(C)CC3O2)C1c1ccccc1F. The largest absolute Gasteiger partial charge is 0.483 e. The summed E-state index contributed by atoms with van der Waals surface area (Å²) in [6.07, 6.45) is 2.03. The van der Waals surface area contributed by atoms with Crippen LogP contribution in [-0.2, 0) is 14.3 Å². The zero-order chi connectivity index (χ0) is 23.0. The van der Waals surface area contributed by atoms with Crippen LogP contribution in [0.15, 0.2) is 35.6 Å². The quantitative estimate of drug-likeness (QED) is 0.630. The van der Waals surface area contributed by atoms with E-state index in [4.69, 9.17) is 4.74 Å². The Morgan fingerprint density at radius 2 is 1.78 bits per heavy atom. The maximum Gasteiger partial charge on any atom is 0.290 e. The highest BCUT2D eigenvalue weighted by atomic mass is 19.1. The predicted molar refractivity (Wildman–Crippen MR) is 121 cm³/mol. The van der Waals surface area contributed by atoms with Crippen LogP contribution in [-0.4, -0.2) is 53.8 Å². The molecule has 1 amide bonds. The molecular formula is C26H35FN2O3. The standard InChI is InChI=1S/C26H35FN2O3/c1-5-28(6-2)12-9-13-29-23(18-10-7-8-11-20(18)27)22-24(30)19-14-16(3)17(4)15-21(19)32-25(22)26(29)31/h7-8,10-11,16-17,19,21,23H,5-6,9,12-15H2,1-4H3. The summed E-state index contributed by atoms with van der Waals surface area (Å²) >= 11 is 0. The van der Waals surface area contributed by atoms with Gasteiger partial charge >= 0.3 is 0 Å². The van der Waals surface area contributed by atoms with E-state index in [1.807, 2.05) is 0 Å². The van der Waals surface area contributed by atoms with Gasteiger partial charge in [0.25, 0.3) is 5.91 Å². The van der Waals surface area contributed by atoms with Gasteiger partial charge in [0.2, 0.25) is 0 Å². The van der Waals surface area contributed by atoms with Gasteiger partial charge < -0.3 is 14.5 Å². The number of nitrogens with zero attached hydrogens (tertiary/aromatic N) is 2. The van der Waals surface area contributed by atoms with Gasteiger partial charge in [-0.1, -0.05) is 45.9 Å². The summed E-state index contributed by atoms with van der Waals surface area (Å²) in [5, 5.41) is 0. The number of rotatable bonds is 7. The topological polar surface area (TPSA) is 49.9 Å². The number of benzene rings is 1. The monoisotopic (exact) mass is 442 g/mol. The van der Waals surface area contributed by atoms with E-state index in [0.717, 1.165) is 38.9 Å². The highest BCUT2D eigenvalue weighted by Crippen LogP contribution is 2.48. The molecule has 0 radical (unpaired) electrons. The Labute approximate surface area is 190 Å². The Kier molecular flexibility index (Phi) is 6.70. The molecule has 1 fully saturated rings. The van der Waals surface area contributed by atoms with Crippen molar-refractivity contribution in [3.63, 3.8) is 0 Å². The molecule has 3 aliphatic rings. The minimum absolute atomic E-state index is 0.0251. The van der Waals surface area contributed by atoms with Crippen molar-refractivity contribution in [3.05, 3.63) is 47.0 Å². The molecule has 32 heavy (non-hydrogen) atoms. The molecular weight excluding hydrogens is 407 g/mol. The number of Topliss-reactive ketones (excluding diaryl/α,β-unsaturated/α-hetero) is 1. The van der Waals surface area contributed by atoms with E-state index in [1.54, 1.807) is 23.1 Å². The van der Waals surface area contributed by atoms with Gasteiger partial charge in [-0.15, -0.1) is 0 Å². The Morgan fingerprint density at radius 1 is 1.09 bits per heavy atom. The summed E-state index contributed by atoms with van der Waals surface area (Å²) in [4.78, 5) is 31.1. The average molecular weight is 443 g/mol. The smallest absolute Gasteiger partial charge is 0.290 e.